The number of carboxylic acid groups (broad SMARTS) is 2. The Balaban J connectivity index is 0.000000257. The van der Waals surface area contributed by atoms with Crippen molar-refractivity contribution in [2.75, 3.05) is 20.2 Å². The van der Waals surface area contributed by atoms with Crippen molar-refractivity contribution in [3.8, 4) is 0 Å². The van der Waals surface area contributed by atoms with Crippen LogP contribution in [-0.2, 0) is 14.3 Å². The fourth-order valence-corrected chi connectivity index (χ4v) is 2.19. The molecule has 0 aromatic heterocycles. The van der Waals surface area contributed by atoms with Crippen LogP contribution < -0.4 is 0 Å². The third-order valence-corrected chi connectivity index (χ3v) is 3.81. The number of hydrogen-bond acceptors (Lipinski definition) is 6. The van der Waals surface area contributed by atoms with E-state index in [-0.39, 0.29) is 6.10 Å². The van der Waals surface area contributed by atoms with Crippen LogP contribution in [0.2, 0.25) is 0 Å². The van der Waals surface area contributed by atoms with Crippen molar-refractivity contribution in [3.63, 3.8) is 0 Å². The second-order valence-electron chi connectivity index (χ2n) is 5.49. The van der Waals surface area contributed by atoms with Crippen molar-refractivity contribution in [1.82, 2.24) is 4.90 Å². The second kappa shape index (κ2) is 9.33. The largest absolute Gasteiger partial charge is 0.479 e. The van der Waals surface area contributed by atoms with Crippen molar-refractivity contribution >= 4 is 11.9 Å². The Morgan fingerprint density at radius 1 is 1.12 bits per heavy atom. The molecule has 1 aliphatic heterocycles. The van der Waals surface area contributed by atoms with Gasteiger partial charge in [0.15, 0.2) is 12.2 Å². The Bertz CT molecular complexity index is 518. The summed E-state index contributed by atoms with van der Waals surface area (Å²) in [5, 5.41) is 32.5. The van der Waals surface area contributed by atoms with Gasteiger partial charge in [0.2, 0.25) is 0 Å². The normalized spacial score (nSPS) is 23.5. The Hall–Kier alpha value is -2.00. The summed E-state index contributed by atoms with van der Waals surface area (Å²) in [6.45, 7) is 4.09. The zero-order valence-electron chi connectivity index (χ0n) is 13.6. The van der Waals surface area contributed by atoms with Gasteiger partial charge in [0.05, 0.1) is 12.7 Å². The molecule has 4 N–H and O–H groups in total. The standard InChI is InChI=1S/C12H17NO.C4H6O6/c1-10-12(14-9-8-13(10)2)11-6-4-3-5-7-11;5-1(3(7)8)2(6)4(9)10/h3-7,10,12H,8-9H2,1-2H3;1-2,5-6H,(H,7,8)(H,9,10)/t;1-,2-/m.0/s1. The van der Waals surface area contributed by atoms with Gasteiger partial charge in [0.25, 0.3) is 0 Å². The lowest BCUT2D eigenvalue weighted by Crippen LogP contribution is -2.42. The van der Waals surface area contributed by atoms with Gasteiger partial charge in [0.1, 0.15) is 0 Å². The van der Waals surface area contributed by atoms with Gasteiger partial charge in [-0.15, -0.1) is 0 Å². The monoisotopic (exact) mass is 341 g/mol. The molecule has 0 amide bonds. The molecule has 0 spiro atoms. The number of aliphatic carboxylic acids is 2. The van der Waals surface area contributed by atoms with Gasteiger partial charge in [-0.3, -0.25) is 4.90 Å². The van der Waals surface area contributed by atoms with E-state index in [0.717, 1.165) is 13.2 Å². The van der Waals surface area contributed by atoms with E-state index in [2.05, 4.69) is 43.1 Å². The summed E-state index contributed by atoms with van der Waals surface area (Å²) in [5.41, 5.74) is 1.28. The molecule has 2 rings (SSSR count). The quantitative estimate of drug-likeness (QED) is 0.600. The van der Waals surface area contributed by atoms with E-state index >= 15 is 0 Å². The van der Waals surface area contributed by atoms with Crippen LogP contribution >= 0.6 is 0 Å². The molecular formula is C16H23NO7. The highest BCUT2D eigenvalue weighted by Crippen LogP contribution is 2.26. The molecule has 1 aromatic carbocycles. The van der Waals surface area contributed by atoms with Crippen LogP contribution in [0.15, 0.2) is 30.3 Å². The number of likely N-dealkylation sites (N-methyl/N-ethyl adjacent to an activating group) is 1. The maximum atomic E-state index is 9.77. The van der Waals surface area contributed by atoms with Crippen LogP contribution in [0.25, 0.3) is 0 Å². The van der Waals surface area contributed by atoms with Crippen molar-refractivity contribution in [2.45, 2.75) is 31.3 Å². The van der Waals surface area contributed by atoms with Gasteiger partial charge in [0, 0.05) is 12.6 Å². The third kappa shape index (κ3) is 5.57. The number of morpholine rings is 1. The van der Waals surface area contributed by atoms with E-state index < -0.39 is 24.1 Å². The average molecular weight is 341 g/mol. The molecule has 24 heavy (non-hydrogen) atoms. The number of aliphatic hydroxyl groups excluding tert-OH is 2. The lowest BCUT2D eigenvalue weighted by atomic mass is 10.0. The number of hydrogen-bond donors (Lipinski definition) is 4. The Labute approximate surface area is 139 Å². The number of rotatable bonds is 4. The van der Waals surface area contributed by atoms with Crippen LogP contribution in [0, 0.1) is 0 Å². The predicted octanol–water partition coefficient (Wildman–Crippen LogP) is -0.0444. The number of nitrogens with zero attached hydrogens (tertiary/aromatic N) is 1. The molecule has 8 heteroatoms. The SMILES string of the molecule is CC1C(c2ccccc2)OCCN1C.O=C(O)[C@@H](O)[C@H](O)C(=O)O. The highest BCUT2D eigenvalue weighted by molar-refractivity contribution is 5.83. The van der Waals surface area contributed by atoms with Gasteiger partial charge >= 0.3 is 11.9 Å². The first-order valence-electron chi connectivity index (χ1n) is 7.44. The van der Waals surface area contributed by atoms with Crippen LogP contribution in [-0.4, -0.2) is 75.7 Å². The molecule has 1 aliphatic rings. The predicted molar refractivity (Wildman–Crippen MR) is 84.5 cm³/mol. The Kier molecular flexibility index (Phi) is 7.80. The van der Waals surface area contributed by atoms with Crippen molar-refractivity contribution in [3.05, 3.63) is 35.9 Å². The fourth-order valence-electron chi connectivity index (χ4n) is 2.19. The highest BCUT2D eigenvalue weighted by atomic mass is 16.5. The molecule has 2 unspecified atom stereocenters. The first-order valence-corrected chi connectivity index (χ1v) is 7.44. The molecule has 1 saturated heterocycles. The number of benzene rings is 1. The lowest BCUT2D eigenvalue weighted by Gasteiger charge is -2.37. The van der Waals surface area contributed by atoms with Crippen LogP contribution in [0.4, 0.5) is 0 Å². The summed E-state index contributed by atoms with van der Waals surface area (Å²) in [6, 6.07) is 10.9. The zero-order valence-corrected chi connectivity index (χ0v) is 13.6. The van der Waals surface area contributed by atoms with Crippen molar-refractivity contribution in [1.29, 1.82) is 0 Å². The molecule has 0 saturated carbocycles. The molecule has 4 atom stereocenters. The topological polar surface area (TPSA) is 128 Å². The maximum Gasteiger partial charge on any atom is 0.335 e. The molecule has 134 valence electrons. The molecule has 1 aromatic rings. The second-order valence-corrected chi connectivity index (χ2v) is 5.49. The molecule has 8 nitrogen and oxygen atoms in total. The van der Waals surface area contributed by atoms with Crippen LogP contribution in [0.1, 0.15) is 18.6 Å². The van der Waals surface area contributed by atoms with Gasteiger partial charge in [-0.2, -0.15) is 0 Å². The maximum absolute atomic E-state index is 9.77. The van der Waals surface area contributed by atoms with E-state index in [1.54, 1.807) is 0 Å². The average Bonchev–Trinajstić information content (AvgIpc) is 2.57. The van der Waals surface area contributed by atoms with Gasteiger partial charge in [-0.05, 0) is 19.5 Å². The highest BCUT2D eigenvalue weighted by Gasteiger charge is 2.29. The summed E-state index contributed by atoms with van der Waals surface area (Å²) >= 11 is 0. The first-order chi connectivity index (χ1) is 11.3. The van der Waals surface area contributed by atoms with Crippen LogP contribution in [0.3, 0.4) is 0 Å². The van der Waals surface area contributed by atoms with Crippen molar-refractivity contribution < 1.29 is 34.8 Å². The minimum atomic E-state index is -2.27. The smallest absolute Gasteiger partial charge is 0.335 e. The lowest BCUT2D eigenvalue weighted by molar-refractivity contribution is -0.165. The van der Waals surface area contributed by atoms with Gasteiger partial charge in [-0.25, -0.2) is 9.59 Å². The van der Waals surface area contributed by atoms with Gasteiger partial charge < -0.3 is 25.2 Å². The van der Waals surface area contributed by atoms with Crippen LogP contribution in [0.5, 0.6) is 0 Å². The third-order valence-electron chi connectivity index (χ3n) is 3.81. The minimum Gasteiger partial charge on any atom is -0.479 e. The fraction of sp³-hybridized carbons (Fsp3) is 0.500. The van der Waals surface area contributed by atoms with E-state index in [1.165, 1.54) is 5.56 Å². The summed E-state index contributed by atoms with van der Waals surface area (Å²) in [5.74, 6) is -3.54. The summed E-state index contributed by atoms with van der Waals surface area (Å²) in [6.07, 6.45) is -4.30. The van der Waals surface area contributed by atoms with E-state index in [1.807, 2.05) is 6.07 Å². The number of carbonyl (C=O) groups is 2. The van der Waals surface area contributed by atoms with Crippen molar-refractivity contribution in [2.24, 2.45) is 0 Å². The molecule has 1 fully saturated rings. The molecule has 1 heterocycles. The summed E-state index contributed by atoms with van der Waals surface area (Å²) in [7, 11) is 2.16. The molecule has 0 bridgehead atoms. The molecule has 0 aliphatic carbocycles. The Morgan fingerprint density at radius 2 is 1.62 bits per heavy atom. The molecule has 0 radical (unpaired) electrons. The van der Waals surface area contributed by atoms with E-state index in [0.29, 0.717) is 6.04 Å². The summed E-state index contributed by atoms with van der Waals surface area (Å²) < 4.78 is 5.80. The number of carboxylic acids is 2. The van der Waals surface area contributed by atoms with E-state index in [9.17, 15) is 9.59 Å². The number of aliphatic hydroxyl groups is 2. The zero-order chi connectivity index (χ0) is 18.3. The minimum absolute atomic E-state index is 0.231. The number of ether oxygens (including phenoxy) is 1. The first kappa shape index (κ1) is 20.0. The summed E-state index contributed by atoms with van der Waals surface area (Å²) in [4.78, 5) is 21.9. The Morgan fingerprint density at radius 3 is 2.08 bits per heavy atom. The van der Waals surface area contributed by atoms with Gasteiger partial charge in [-0.1, -0.05) is 30.3 Å². The molecular weight excluding hydrogens is 318 g/mol. The van der Waals surface area contributed by atoms with E-state index in [4.69, 9.17) is 25.2 Å².